The highest BCUT2D eigenvalue weighted by molar-refractivity contribution is 5.93. The third-order valence-electron chi connectivity index (χ3n) is 5.65. The number of benzene rings is 1. The average molecular weight is 457 g/mol. The standard InChI is InChI=1S/C21H32N6O.2ClH/c1-5-16-6-8-17(9-7-16)19(26(3)4)14-23-21(28)20-15(2)27(25-24-20)18-10-12-22-13-11-18;;/h6-9,18-19,22H,5,10-14H2,1-4H3,(H,23,28);2*1H. The van der Waals surface area contributed by atoms with Crippen molar-refractivity contribution < 1.29 is 4.79 Å². The zero-order valence-electron chi connectivity index (χ0n) is 18.2. The lowest BCUT2D eigenvalue weighted by Crippen LogP contribution is -2.35. The Morgan fingerprint density at radius 2 is 1.87 bits per heavy atom. The summed E-state index contributed by atoms with van der Waals surface area (Å²) < 4.78 is 1.92. The lowest BCUT2D eigenvalue weighted by Gasteiger charge is -2.25. The number of piperidine rings is 1. The second-order valence-electron chi connectivity index (χ2n) is 7.73. The molecule has 0 saturated carbocycles. The first-order chi connectivity index (χ1) is 13.5. The van der Waals surface area contributed by atoms with Gasteiger partial charge in [0.1, 0.15) is 0 Å². The van der Waals surface area contributed by atoms with E-state index < -0.39 is 0 Å². The summed E-state index contributed by atoms with van der Waals surface area (Å²) in [4.78, 5) is 14.9. The highest BCUT2D eigenvalue weighted by Crippen LogP contribution is 2.21. The number of hydrogen-bond donors (Lipinski definition) is 2. The highest BCUT2D eigenvalue weighted by atomic mass is 35.5. The van der Waals surface area contributed by atoms with E-state index in [1.165, 1.54) is 11.1 Å². The lowest BCUT2D eigenvalue weighted by atomic mass is 10.0. The molecule has 1 aliphatic heterocycles. The molecule has 2 aromatic rings. The van der Waals surface area contributed by atoms with Gasteiger partial charge in [0.15, 0.2) is 5.69 Å². The van der Waals surface area contributed by atoms with E-state index in [4.69, 9.17) is 0 Å². The number of aromatic nitrogens is 3. The number of amides is 1. The molecule has 1 aromatic heterocycles. The Kier molecular flexibility index (Phi) is 10.8. The van der Waals surface area contributed by atoms with Gasteiger partial charge in [-0.05, 0) is 64.5 Å². The molecule has 0 radical (unpaired) electrons. The minimum absolute atomic E-state index is 0. The van der Waals surface area contributed by atoms with Gasteiger partial charge in [-0.3, -0.25) is 4.79 Å². The van der Waals surface area contributed by atoms with Crippen LogP contribution in [0, 0.1) is 6.92 Å². The first kappa shape index (κ1) is 26.4. The Bertz CT molecular complexity index is 787. The molecule has 2 N–H and O–H groups in total. The van der Waals surface area contributed by atoms with Crippen molar-refractivity contribution >= 4 is 30.7 Å². The minimum atomic E-state index is -0.158. The molecule has 1 amide bonds. The summed E-state index contributed by atoms with van der Waals surface area (Å²) in [6, 6.07) is 9.03. The van der Waals surface area contributed by atoms with Crippen LogP contribution >= 0.6 is 24.8 Å². The van der Waals surface area contributed by atoms with E-state index in [1.54, 1.807) is 0 Å². The largest absolute Gasteiger partial charge is 0.349 e. The van der Waals surface area contributed by atoms with Crippen molar-refractivity contribution in [2.45, 2.75) is 45.2 Å². The van der Waals surface area contributed by atoms with Gasteiger partial charge in [-0.1, -0.05) is 36.4 Å². The monoisotopic (exact) mass is 456 g/mol. The molecule has 1 saturated heterocycles. The molecule has 1 aromatic carbocycles. The van der Waals surface area contributed by atoms with Crippen molar-refractivity contribution in [2.75, 3.05) is 33.7 Å². The number of likely N-dealkylation sites (N-methyl/N-ethyl adjacent to an activating group) is 1. The predicted octanol–water partition coefficient (Wildman–Crippen LogP) is 2.95. The lowest BCUT2D eigenvalue weighted by molar-refractivity contribution is 0.0936. The van der Waals surface area contributed by atoms with Gasteiger partial charge in [-0.2, -0.15) is 0 Å². The topological polar surface area (TPSA) is 75.1 Å². The van der Waals surface area contributed by atoms with Crippen LogP contribution in [0.15, 0.2) is 24.3 Å². The van der Waals surface area contributed by atoms with E-state index in [2.05, 4.69) is 57.0 Å². The van der Waals surface area contributed by atoms with Crippen LogP contribution in [0.4, 0.5) is 0 Å². The van der Waals surface area contributed by atoms with Gasteiger partial charge in [0.05, 0.1) is 17.8 Å². The molecule has 0 spiro atoms. The van der Waals surface area contributed by atoms with E-state index in [0.717, 1.165) is 38.0 Å². The van der Waals surface area contributed by atoms with Gasteiger partial charge in [-0.15, -0.1) is 29.9 Å². The van der Waals surface area contributed by atoms with Crippen LogP contribution in [0.3, 0.4) is 0 Å². The molecule has 1 unspecified atom stereocenters. The molecular formula is C21H34Cl2N6O. The summed E-state index contributed by atoms with van der Waals surface area (Å²) in [6.07, 6.45) is 3.05. The summed E-state index contributed by atoms with van der Waals surface area (Å²) in [5.41, 5.74) is 3.78. The molecular weight excluding hydrogens is 423 g/mol. The van der Waals surface area contributed by atoms with Crippen LogP contribution < -0.4 is 10.6 Å². The number of carbonyl (C=O) groups is 1. The molecule has 0 aliphatic carbocycles. The first-order valence-corrected chi connectivity index (χ1v) is 10.2. The van der Waals surface area contributed by atoms with Crippen LogP contribution in [-0.4, -0.2) is 59.5 Å². The maximum Gasteiger partial charge on any atom is 0.273 e. The molecule has 2 heterocycles. The minimum Gasteiger partial charge on any atom is -0.349 e. The van der Waals surface area contributed by atoms with Crippen molar-refractivity contribution in [2.24, 2.45) is 0 Å². The fraction of sp³-hybridized carbons (Fsp3) is 0.571. The van der Waals surface area contributed by atoms with Crippen molar-refractivity contribution in [3.05, 3.63) is 46.8 Å². The molecule has 1 atom stereocenters. The van der Waals surface area contributed by atoms with Crippen molar-refractivity contribution in [3.8, 4) is 0 Å². The molecule has 0 bridgehead atoms. The number of halogens is 2. The second kappa shape index (κ2) is 12.2. The Labute approximate surface area is 191 Å². The fourth-order valence-electron chi connectivity index (χ4n) is 3.80. The Balaban J connectivity index is 0.00000225. The van der Waals surface area contributed by atoms with E-state index in [9.17, 15) is 4.79 Å². The number of carbonyl (C=O) groups excluding carboxylic acids is 1. The zero-order chi connectivity index (χ0) is 20.1. The van der Waals surface area contributed by atoms with E-state index in [1.807, 2.05) is 25.7 Å². The Morgan fingerprint density at radius 1 is 1.23 bits per heavy atom. The molecule has 1 fully saturated rings. The number of rotatable bonds is 7. The van der Waals surface area contributed by atoms with E-state index in [0.29, 0.717) is 18.3 Å². The smallest absolute Gasteiger partial charge is 0.273 e. The fourth-order valence-corrected chi connectivity index (χ4v) is 3.80. The van der Waals surface area contributed by atoms with E-state index >= 15 is 0 Å². The molecule has 168 valence electrons. The molecule has 7 nitrogen and oxygen atoms in total. The summed E-state index contributed by atoms with van der Waals surface area (Å²) in [7, 11) is 4.06. The maximum atomic E-state index is 12.8. The van der Waals surface area contributed by atoms with Crippen LogP contribution in [0.25, 0.3) is 0 Å². The zero-order valence-corrected chi connectivity index (χ0v) is 19.9. The maximum absolute atomic E-state index is 12.8. The highest BCUT2D eigenvalue weighted by Gasteiger charge is 2.24. The third kappa shape index (κ3) is 6.17. The van der Waals surface area contributed by atoms with Crippen LogP contribution in [0.5, 0.6) is 0 Å². The number of aryl methyl sites for hydroxylation is 1. The van der Waals surface area contributed by atoms with Gasteiger partial charge in [0.2, 0.25) is 0 Å². The van der Waals surface area contributed by atoms with Crippen LogP contribution in [-0.2, 0) is 6.42 Å². The van der Waals surface area contributed by atoms with E-state index in [-0.39, 0.29) is 36.8 Å². The van der Waals surface area contributed by atoms with Gasteiger partial charge >= 0.3 is 0 Å². The number of hydrogen-bond acceptors (Lipinski definition) is 5. The second-order valence-corrected chi connectivity index (χ2v) is 7.73. The number of nitrogens with zero attached hydrogens (tertiary/aromatic N) is 4. The van der Waals surface area contributed by atoms with Crippen LogP contribution in [0.1, 0.15) is 59.2 Å². The SMILES string of the molecule is CCc1ccc(C(CNC(=O)c2nnn(C3CCNCC3)c2C)N(C)C)cc1.Cl.Cl. The van der Waals surface area contributed by atoms with Gasteiger partial charge < -0.3 is 15.5 Å². The quantitative estimate of drug-likeness (QED) is 0.669. The third-order valence-corrected chi connectivity index (χ3v) is 5.65. The summed E-state index contributed by atoms with van der Waals surface area (Å²) in [6.45, 7) is 6.57. The summed E-state index contributed by atoms with van der Waals surface area (Å²) in [5, 5.41) is 14.9. The average Bonchev–Trinajstić information content (AvgIpc) is 3.10. The first-order valence-electron chi connectivity index (χ1n) is 10.2. The Morgan fingerprint density at radius 3 is 2.43 bits per heavy atom. The molecule has 9 heteroatoms. The van der Waals surface area contributed by atoms with Crippen LogP contribution in [0.2, 0.25) is 0 Å². The van der Waals surface area contributed by atoms with Crippen molar-refractivity contribution in [3.63, 3.8) is 0 Å². The summed E-state index contributed by atoms with van der Waals surface area (Å²) >= 11 is 0. The van der Waals surface area contributed by atoms with Crippen molar-refractivity contribution in [1.29, 1.82) is 0 Å². The predicted molar refractivity (Wildman–Crippen MR) is 125 cm³/mol. The molecule has 3 rings (SSSR count). The van der Waals surface area contributed by atoms with Gasteiger partial charge in [0.25, 0.3) is 5.91 Å². The molecule has 30 heavy (non-hydrogen) atoms. The van der Waals surface area contributed by atoms with Gasteiger partial charge in [-0.25, -0.2) is 4.68 Å². The van der Waals surface area contributed by atoms with Crippen molar-refractivity contribution in [1.82, 2.24) is 30.5 Å². The van der Waals surface area contributed by atoms with Gasteiger partial charge in [0, 0.05) is 6.54 Å². The molecule has 1 aliphatic rings. The number of nitrogens with one attached hydrogen (secondary N) is 2. The normalized spacial score (nSPS) is 15.2. The summed E-state index contributed by atoms with van der Waals surface area (Å²) in [5.74, 6) is -0.158. The Hall–Kier alpha value is -1.67.